The molecule has 0 aliphatic carbocycles. The predicted molar refractivity (Wildman–Crippen MR) is 146 cm³/mol. The third-order valence-corrected chi connectivity index (χ3v) is 6.98. The van der Waals surface area contributed by atoms with Crippen molar-refractivity contribution in [2.24, 2.45) is 0 Å². The molecule has 3 aromatic carbocycles. The molecule has 39 heavy (non-hydrogen) atoms. The van der Waals surface area contributed by atoms with Gasteiger partial charge in [-0.05, 0) is 55.3 Å². The first-order valence-corrected chi connectivity index (χ1v) is 12.6. The highest BCUT2D eigenvalue weighted by Crippen LogP contribution is 2.30. The van der Waals surface area contributed by atoms with Crippen molar-refractivity contribution >= 4 is 40.0 Å². The van der Waals surface area contributed by atoms with Crippen molar-refractivity contribution in [1.82, 2.24) is 25.1 Å². The van der Waals surface area contributed by atoms with Gasteiger partial charge in [-0.1, -0.05) is 41.4 Å². The number of carbonyl (C=O) groups is 1. The molecule has 1 amide bonds. The van der Waals surface area contributed by atoms with Crippen molar-refractivity contribution in [2.45, 2.75) is 19.8 Å². The van der Waals surface area contributed by atoms with E-state index >= 15 is 0 Å². The Morgan fingerprint density at radius 1 is 1.08 bits per heavy atom. The van der Waals surface area contributed by atoms with Gasteiger partial charge < -0.3 is 10.3 Å². The molecule has 0 aliphatic heterocycles. The molecule has 1 atom stereocenters. The Bertz CT molecular complexity index is 1780. The van der Waals surface area contributed by atoms with E-state index in [0.29, 0.717) is 28.3 Å². The van der Waals surface area contributed by atoms with Crippen LogP contribution >= 0.6 is 23.2 Å². The van der Waals surface area contributed by atoms with E-state index in [1.54, 1.807) is 19.9 Å². The van der Waals surface area contributed by atoms with E-state index in [1.807, 2.05) is 0 Å². The van der Waals surface area contributed by atoms with Crippen LogP contribution in [0.2, 0.25) is 10.0 Å². The van der Waals surface area contributed by atoms with Gasteiger partial charge in [0.1, 0.15) is 23.8 Å². The normalized spacial score (nSPS) is 12.1. The fraction of sp³-hybridized carbons (Fsp3) is 0.143. The van der Waals surface area contributed by atoms with Crippen LogP contribution in [0.4, 0.5) is 8.78 Å². The van der Waals surface area contributed by atoms with Crippen molar-refractivity contribution < 1.29 is 13.6 Å². The Labute approximate surface area is 231 Å². The summed E-state index contributed by atoms with van der Waals surface area (Å²) in [6.07, 6.45) is 1.50. The number of halogens is 4. The number of carbonyl (C=O) groups excluding carboxylic acids is 1. The average molecular weight is 568 g/mol. The number of aryl methyl sites for hydroxylation is 2. The summed E-state index contributed by atoms with van der Waals surface area (Å²) >= 11 is 12.9. The number of hydrogen-bond donors (Lipinski definition) is 2. The van der Waals surface area contributed by atoms with E-state index in [-0.39, 0.29) is 33.1 Å². The van der Waals surface area contributed by atoms with Crippen LogP contribution in [0.3, 0.4) is 0 Å². The molecule has 0 saturated carbocycles. The van der Waals surface area contributed by atoms with E-state index in [1.165, 1.54) is 59.5 Å². The number of H-pyrrole nitrogens is 1. The number of rotatable bonds is 6. The molecule has 198 valence electrons. The van der Waals surface area contributed by atoms with Gasteiger partial charge in [0.05, 0.1) is 32.2 Å². The summed E-state index contributed by atoms with van der Waals surface area (Å²) in [6, 6.07) is 12.9. The van der Waals surface area contributed by atoms with Crippen LogP contribution in [0.5, 0.6) is 0 Å². The summed E-state index contributed by atoms with van der Waals surface area (Å²) in [6.45, 7) is 3.37. The molecule has 5 rings (SSSR count). The monoisotopic (exact) mass is 567 g/mol. The Morgan fingerprint density at radius 3 is 2.49 bits per heavy atom. The smallest absolute Gasteiger partial charge is 0.254 e. The van der Waals surface area contributed by atoms with Crippen LogP contribution in [0.15, 0.2) is 65.7 Å². The standard InChI is InChI=1S/C28H21Cl2F2N5O2/c1-14-6-7-22(32)27-25(14)24(38)11-23(35-27)19(16-4-3-5-17(31)8-16)12-33-28(39)26-20(29)9-18(10-21(26)30)37-13-34-15(2)36-37/h3-11,13,19H,12H2,1-2H3,(H,33,39)(H,35,38). The van der Waals surface area contributed by atoms with E-state index in [2.05, 4.69) is 20.4 Å². The molecule has 2 N–H and O–H groups in total. The van der Waals surface area contributed by atoms with Crippen LogP contribution in [0.25, 0.3) is 16.6 Å². The van der Waals surface area contributed by atoms with Crippen LogP contribution in [0, 0.1) is 25.5 Å². The van der Waals surface area contributed by atoms with Gasteiger partial charge >= 0.3 is 0 Å². The second-order valence-corrected chi connectivity index (χ2v) is 9.86. The molecule has 2 aromatic heterocycles. The summed E-state index contributed by atoms with van der Waals surface area (Å²) < 4.78 is 30.4. The lowest BCUT2D eigenvalue weighted by atomic mass is 9.93. The third kappa shape index (κ3) is 5.28. The largest absolute Gasteiger partial charge is 0.355 e. The van der Waals surface area contributed by atoms with Gasteiger partial charge in [0.15, 0.2) is 5.43 Å². The first-order chi connectivity index (χ1) is 18.6. The van der Waals surface area contributed by atoms with Crippen molar-refractivity contribution in [1.29, 1.82) is 0 Å². The maximum atomic E-state index is 14.7. The second-order valence-electron chi connectivity index (χ2n) is 9.04. The lowest BCUT2D eigenvalue weighted by Gasteiger charge is -2.20. The minimum absolute atomic E-state index is 0.0330. The van der Waals surface area contributed by atoms with Crippen LogP contribution in [0.1, 0.15) is 38.9 Å². The molecule has 7 nitrogen and oxygen atoms in total. The summed E-state index contributed by atoms with van der Waals surface area (Å²) in [5.74, 6) is -1.86. The highest BCUT2D eigenvalue weighted by molar-refractivity contribution is 6.40. The number of pyridine rings is 1. The van der Waals surface area contributed by atoms with Gasteiger partial charge in [0, 0.05) is 24.2 Å². The fourth-order valence-electron chi connectivity index (χ4n) is 4.50. The van der Waals surface area contributed by atoms with Gasteiger partial charge in [-0.3, -0.25) is 9.59 Å². The van der Waals surface area contributed by atoms with Crippen molar-refractivity contribution in [3.63, 3.8) is 0 Å². The van der Waals surface area contributed by atoms with E-state index in [9.17, 15) is 18.4 Å². The molecule has 0 spiro atoms. The van der Waals surface area contributed by atoms with Gasteiger partial charge in [-0.2, -0.15) is 5.10 Å². The SMILES string of the molecule is Cc1ncn(-c2cc(Cl)c(C(=O)NCC(c3cccc(F)c3)c3cc(=O)c4c(C)ccc(F)c4[nH]3)c(Cl)c2)n1. The first-order valence-electron chi connectivity index (χ1n) is 11.9. The molecule has 0 radical (unpaired) electrons. The molecule has 0 bridgehead atoms. The van der Waals surface area contributed by atoms with Gasteiger partial charge in [0.25, 0.3) is 5.91 Å². The van der Waals surface area contributed by atoms with Crippen molar-refractivity contribution in [3.8, 4) is 5.69 Å². The summed E-state index contributed by atoms with van der Waals surface area (Å²) in [4.78, 5) is 33.3. The second kappa shape index (κ2) is 10.6. The van der Waals surface area contributed by atoms with Gasteiger partial charge in [-0.25, -0.2) is 18.4 Å². The maximum absolute atomic E-state index is 14.7. The Kier molecular flexibility index (Phi) is 7.20. The number of benzene rings is 3. The minimum Gasteiger partial charge on any atom is -0.355 e. The quantitative estimate of drug-likeness (QED) is 0.268. The molecular formula is C28H21Cl2F2N5O2. The Morgan fingerprint density at radius 2 is 1.82 bits per heavy atom. The lowest BCUT2D eigenvalue weighted by Crippen LogP contribution is -2.30. The highest BCUT2D eigenvalue weighted by Gasteiger charge is 2.22. The number of aromatic nitrogens is 4. The topological polar surface area (TPSA) is 92.7 Å². The zero-order chi connectivity index (χ0) is 27.8. The van der Waals surface area contributed by atoms with Crippen molar-refractivity contribution in [3.05, 3.63) is 121 Å². The number of hydrogen-bond acceptors (Lipinski definition) is 4. The lowest BCUT2D eigenvalue weighted by molar-refractivity contribution is 0.0952. The number of nitrogens with one attached hydrogen (secondary N) is 2. The minimum atomic E-state index is -0.725. The van der Waals surface area contributed by atoms with E-state index in [4.69, 9.17) is 23.2 Å². The van der Waals surface area contributed by atoms with Gasteiger partial charge in [-0.15, -0.1) is 0 Å². The maximum Gasteiger partial charge on any atom is 0.254 e. The van der Waals surface area contributed by atoms with Gasteiger partial charge in [0.2, 0.25) is 0 Å². The molecular weight excluding hydrogens is 547 g/mol. The highest BCUT2D eigenvalue weighted by atomic mass is 35.5. The molecule has 2 heterocycles. The fourth-order valence-corrected chi connectivity index (χ4v) is 5.14. The number of aromatic amines is 1. The predicted octanol–water partition coefficient (Wildman–Crippen LogP) is 5.87. The molecule has 5 aromatic rings. The molecule has 0 fully saturated rings. The van der Waals surface area contributed by atoms with E-state index in [0.717, 1.165) is 0 Å². The first kappa shape index (κ1) is 26.5. The summed E-state index contributed by atoms with van der Waals surface area (Å²) in [7, 11) is 0. The zero-order valence-corrected chi connectivity index (χ0v) is 22.2. The van der Waals surface area contributed by atoms with Crippen molar-refractivity contribution in [2.75, 3.05) is 6.54 Å². The summed E-state index contributed by atoms with van der Waals surface area (Å²) in [5, 5.41) is 7.38. The van der Waals surface area contributed by atoms with Crippen LogP contribution in [-0.2, 0) is 0 Å². The van der Waals surface area contributed by atoms with Crippen LogP contribution in [-0.4, -0.2) is 32.2 Å². The molecule has 11 heteroatoms. The zero-order valence-electron chi connectivity index (χ0n) is 20.7. The summed E-state index contributed by atoms with van der Waals surface area (Å²) in [5.41, 5.74) is 1.58. The Hall–Kier alpha value is -4.08. The van der Waals surface area contributed by atoms with Crippen LogP contribution < -0.4 is 10.7 Å². The third-order valence-electron chi connectivity index (χ3n) is 6.38. The van der Waals surface area contributed by atoms with E-state index < -0.39 is 28.9 Å². The molecule has 1 unspecified atom stereocenters. The molecule has 0 aliphatic rings. The average Bonchev–Trinajstić information content (AvgIpc) is 3.32. The number of amides is 1. The molecule has 0 saturated heterocycles. The number of fused-ring (bicyclic) bond motifs is 1. The Balaban J connectivity index is 1.50. The number of nitrogens with zero attached hydrogens (tertiary/aromatic N) is 3.